The average molecular weight is 579 g/mol. The van der Waals surface area contributed by atoms with Crippen LogP contribution < -0.4 is 18.9 Å². The molecule has 0 aliphatic heterocycles. The summed E-state index contributed by atoms with van der Waals surface area (Å²) < 4.78 is 20.3. The van der Waals surface area contributed by atoms with E-state index in [0.29, 0.717) is 11.8 Å². The van der Waals surface area contributed by atoms with Crippen LogP contribution in [0.1, 0.15) is 61.8 Å². The smallest absolute Gasteiger partial charge is 0.122 e. The third-order valence-electron chi connectivity index (χ3n) is 6.14. The Kier molecular flexibility index (Phi) is 16.8. The molecule has 0 amide bonds. The average Bonchev–Trinajstić information content (AvgIpc) is 2.98. The molecule has 0 radical (unpaired) electrons. The van der Waals surface area contributed by atoms with E-state index in [2.05, 4.69) is 77.9 Å². The van der Waals surface area contributed by atoms with E-state index in [1.807, 2.05) is 42.5 Å². The van der Waals surface area contributed by atoms with Crippen molar-refractivity contribution >= 4 is 11.6 Å². The number of para-hydroxylation sites is 1. The van der Waals surface area contributed by atoms with Crippen molar-refractivity contribution in [2.45, 2.75) is 53.4 Å². The third-order valence-corrected chi connectivity index (χ3v) is 6.39. The number of hydrogen-bond donors (Lipinski definition) is 0. The van der Waals surface area contributed by atoms with Crippen LogP contribution in [0.3, 0.4) is 0 Å². The van der Waals surface area contributed by atoms with Gasteiger partial charge in [0, 0.05) is 5.02 Å². The lowest BCUT2D eigenvalue weighted by Crippen LogP contribution is -1.94. The molecule has 4 aromatic carbocycles. The first kappa shape index (κ1) is 35.4. The molecule has 4 rings (SSSR count). The molecule has 0 atom stereocenters. The molecular formula is C36H47ClO4. The normalized spacial score (nSPS) is 9.78. The Hall–Kier alpha value is -3.63. The highest BCUT2D eigenvalue weighted by atomic mass is 35.5. The van der Waals surface area contributed by atoms with E-state index in [1.54, 1.807) is 40.6 Å². The predicted octanol–water partition coefficient (Wildman–Crippen LogP) is 10.3. The van der Waals surface area contributed by atoms with Gasteiger partial charge < -0.3 is 18.9 Å². The van der Waals surface area contributed by atoms with Gasteiger partial charge in [-0.3, -0.25) is 0 Å². The Labute approximate surface area is 253 Å². The van der Waals surface area contributed by atoms with Gasteiger partial charge in [0.25, 0.3) is 0 Å². The lowest BCUT2D eigenvalue weighted by molar-refractivity contribution is 0.407. The van der Waals surface area contributed by atoms with Gasteiger partial charge in [0.1, 0.15) is 23.0 Å². The second kappa shape index (κ2) is 19.4. The summed E-state index contributed by atoms with van der Waals surface area (Å²) in [5.74, 6) is 4.83. The van der Waals surface area contributed by atoms with Gasteiger partial charge in [-0.1, -0.05) is 81.8 Å². The highest BCUT2D eigenvalue weighted by Gasteiger charge is 2.06. The van der Waals surface area contributed by atoms with E-state index in [1.165, 1.54) is 22.3 Å². The molecular weight excluding hydrogens is 532 g/mol. The molecule has 0 spiro atoms. The quantitative estimate of drug-likeness (QED) is 0.228. The van der Waals surface area contributed by atoms with Crippen molar-refractivity contribution in [3.05, 3.63) is 118 Å². The summed E-state index contributed by atoms with van der Waals surface area (Å²) in [7, 11) is 6.73. The molecule has 0 aliphatic carbocycles. The van der Waals surface area contributed by atoms with Crippen molar-refractivity contribution in [3.8, 4) is 23.0 Å². The van der Waals surface area contributed by atoms with Crippen LogP contribution in [-0.2, 0) is 0 Å². The number of rotatable bonds is 6. The minimum atomic E-state index is 0.528. The summed E-state index contributed by atoms with van der Waals surface area (Å²) in [5, 5.41) is 0.732. The van der Waals surface area contributed by atoms with E-state index in [9.17, 15) is 0 Å². The first-order valence-electron chi connectivity index (χ1n) is 13.7. The maximum atomic E-state index is 5.61. The molecule has 0 heterocycles. The van der Waals surface area contributed by atoms with Crippen LogP contribution in [-0.4, -0.2) is 28.4 Å². The third kappa shape index (κ3) is 13.5. The maximum Gasteiger partial charge on any atom is 0.122 e. The Morgan fingerprint density at radius 3 is 1.56 bits per heavy atom. The van der Waals surface area contributed by atoms with Crippen LogP contribution in [0.15, 0.2) is 91.0 Å². The summed E-state index contributed by atoms with van der Waals surface area (Å²) >= 11 is 5.61. The molecule has 41 heavy (non-hydrogen) atoms. The highest BCUT2D eigenvalue weighted by Crippen LogP contribution is 2.27. The first-order chi connectivity index (χ1) is 19.6. The molecule has 0 unspecified atom stereocenters. The van der Waals surface area contributed by atoms with E-state index in [4.69, 9.17) is 30.5 Å². The number of halogens is 1. The van der Waals surface area contributed by atoms with E-state index in [0.717, 1.165) is 28.0 Å². The Bertz CT molecular complexity index is 1250. The number of ether oxygens (including phenoxy) is 4. The molecule has 0 fully saturated rings. The highest BCUT2D eigenvalue weighted by molar-refractivity contribution is 6.30. The molecule has 0 bridgehead atoms. The zero-order valence-electron chi connectivity index (χ0n) is 26.3. The molecule has 0 saturated heterocycles. The van der Waals surface area contributed by atoms with Gasteiger partial charge in [-0.15, -0.1) is 0 Å². The number of aryl methyl sites for hydroxylation is 2. The zero-order valence-corrected chi connectivity index (χ0v) is 27.1. The number of hydrogen-bond acceptors (Lipinski definition) is 4. The minimum absolute atomic E-state index is 0.528. The van der Waals surface area contributed by atoms with E-state index < -0.39 is 0 Å². The van der Waals surface area contributed by atoms with Crippen molar-refractivity contribution in [1.29, 1.82) is 0 Å². The van der Waals surface area contributed by atoms with Gasteiger partial charge in [-0.2, -0.15) is 0 Å². The van der Waals surface area contributed by atoms with Gasteiger partial charge in [-0.25, -0.2) is 0 Å². The van der Waals surface area contributed by atoms with Gasteiger partial charge >= 0.3 is 0 Å². The minimum Gasteiger partial charge on any atom is -0.497 e. The lowest BCUT2D eigenvalue weighted by atomic mass is 10.0. The van der Waals surface area contributed by atoms with Crippen LogP contribution in [0.4, 0.5) is 0 Å². The Morgan fingerprint density at radius 2 is 1.10 bits per heavy atom. The van der Waals surface area contributed by atoms with Crippen molar-refractivity contribution in [1.82, 2.24) is 0 Å². The van der Waals surface area contributed by atoms with Gasteiger partial charge in [0.15, 0.2) is 0 Å². The second-order valence-corrected chi connectivity index (χ2v) is 10.4. The van der Waals surface area contributed by atoms with Crippen LogP contribution in [0.2, 0.25) is 5.02 Å². The van der Waals surface area contributed by atoms with Crippen molar-refractivity contribution in [2.24, 2.45) is 0 Å². The monoisotopic (exact) mass is 578 g/mol. The lowest BCUT2D eigenvalue weighted by Gasteiger charge is -2.11. The Balaban J connectivity index is 0.000000277. The topological polar surface area (TPSA) is 36.9 Å². The fourth-order valence-corrected chi connectivity index (χ4v) is 3.74. The summed E-state index contributed by atoms with van der Waals surface area (Å²) in [6.45, 7) is 12.9. The maximum absolute atomic E-state index is 5.61. The van der Waals surface area contributed by atoms with Gasteiger partial charge in [-0.05, 0) is 96.5 Å². The molecule has 0 aliphatic rings. The van der Waals surface area contributed by atoms with E-state index in [-0.39, 0.29) is 0 Å². The molecule has 5 heteroatoms. The largest absolute Gasteiger partial charge is 0.497 e. The summed E-state index contributed by atoms with van der Waals surface area (Å²) in [5.41, 5.74) is 5.05. The molecule has 0 saturated carbocycles. The first-order valence-corrected chi connectivity index (χ1v) is 14.1. The SMILES string of the molecule is COc1cc(C(C)C)ccc1C.COc1cc(C)ccc1C(C)C.COc1ccc(Cl)cc1.COc1ccccc1. The fraction of sp³-hybridized carbons (Fsp3) is 0.333. The molecule has 4 aromatic rings. The standard InChI is InChI=1S/2C11H16O.C7H7ClO.C7H8O/c1-8(2)10-6-5-9(3)11(7-10)12-4;1-8(2)10-6-5-9(3)7-11(10)12-4;1-9-7-4-2-6(8)3-5-7;1-8-7-5-3-2-4-6-7/h2*5-8H,1-4H3;2-5H,1H3;2-6H,1H3. The zero-order chi connectivity index (χ0) is 30.8. The molecule has 4 nitrogen and oxygen atoms in total. The van der Waals surface area contributed by atoms with Crippen LogP contribution in [0.5, 0.6) is 23.0 Å². The summed E-state index contributed by atoms with van der Waals surface area (Å²) in [6, 6.07) is 29.6. The van der Waals surface area contributed by atoms with Gasteiger partial charge in [0.2, 0.25) is 0 Å². The van der Waals surface area contributed by atoms with Crippen molar-refractivity contribution < 1.29 is 18.9 Å². The van der Waals surface area contributed by atoms with Crippen molar-refractivity contribution in [3.63, 3.8) is 0 Å². The van der Waals surface area contributed by atoms with Crippen LogP contribution >= 0.6 is 11.6 Å². The molecule has 222 valence electrons. The number of benzene rings is 4. The summed E-state index contributed by atoms with van der Waals surface area (Å²) in [4.78, 5) is 0. The molecule has 0 N–H and O–H groups in total. The number of methoxy groups -OCH3 is 4. The van der Waals surface area contributed by atoms with Crippen LogP contribution in [0.25, 0.3) is 0 Å². The van der Waals surface area contributed by atoms with E-state index >= 15 is 0 Å². The van der Waals surface area contributed by atoms with Gasteiger partial charge in [0.05, 0.1) is 28.4 Å². The predicted molar refractivity (Wildman–Crippen MR) is 175 cm³/mol. The Morgan fingerprint density at radius 1 is 0.537 bits per heavy atom. The van der Waals surface area contributed by atoms with Crippen LogP contribution in [0, 0.1) is 13.8 Å². The second-order valence-electron chi connectivity index (χ2n) is 9.96. The molecule has 0 aromatic heterocycles. The summed E-state index contributed by atoms with van der Waals surface area (Å²) in [6.07, 6.45) is 0. The van der Waals surface area contributed by atoms with Crippen molar-refractivity contribution in [2.75, 3.05) is 28.4 Å². The fourth-order valence-electron chi connectivity index (χ4n) is 3.62.